The number of hydrogen-bond acceptors (Lipinski definition) is 4. The summed E-state index contributed by atoms with van der Waals surface area (Å²) in [5.74, 6) is -0.104. The van der Waals surface area contributed by atoms with Crippen molar-refractivity contribution in [3.63, 3.8) is 0 Å². The van der Waals surface area contributed by atoms with E-state index >= 15 is 0 Å². The van der Waals surface area contributed by atoms with Crippen LogP contribution < -0.4 is 5.32 Å². The number of carbonyl (C=O) groups is 1. The van der Waals surface area contributed by atoms with Gasteiger partial charge in [0.25, 0.3) is 0 Å². The van der Waals surface area contributed by atoms with Crippen molar-refractivity contribution in [1.29, 1.82) is 0 Å². The van der Waals surface area contributed by atoms with Crippen LogP contribution >= 0.6 is 11.6 Å². The molecule has 0 aliphatic carbocycles. The van der Waals surface area contributed by atoms with Gasteiger partial charge in [-0.25, -0.2) is 4.89 Å². The first-order valence-corrected chi connectivity index (χ1v) is 5.56. The van der Waals surface area contributed by atoms with Gasteiger partial charge in [-0.3, -0.25) is 10.1 Å². The van der Waals surface area contributed by atoms with Crippen molar-refractivity contribution in [2.24, 2.45) is 0 Å². The molecule has 0 saturated heterocycles. The first-order valence-electron chi connectivity index (χ1n) is 5.03. The largest absolute Gasteiger partial charge is 0.506 e. The van der Waals surface area contributed by atoms with E-state index in [1.165, 1.54) is 6.07 Å². The number of carbonyl (C=O) groups excluding carboxylic acids is 1. The first kappa shape index (κ1) is 13.8. The second-order valence-electron chi connectivity index (χ2n) is 3.56. The number of aromatic hydroxyl groups is 1. The van der Waals surface area contributed by atoms with E-state index in [1.807, 2.05) is 0 Å². The zero-order valence-electron chi connectivity index (χ0n) is 9.36. The summed E-state index contributed by atoms with van der Waals surface area (Å²) < 4.78 is 0. The lowest BCUT2D eigenvalue weighted by Crippen LogP contribution is -2.12. The van der Waals surface area contributed by atoms with Crippen LogP contribution in [0.1, 0.15) is 17.5 Å². The molecule has 0 saturated carbocycles. The van der Waals surface area contributed by atoms with Crippen LogP contribution in [0.5, 0.6) is 5.75 Å². The average Bonchev–Trinajstić information content (AvgIpc) is 2.25. The third kappa shape index (κ3) is 3.89. The van der Waals surface area contributed by atoms with Gasteiger partial charge in [0.2, 0.25) is 5.91 Å². The lowest BCUT2D eigenvalue weighted by atomic mass is 10.1. The third-order valence-electron chi connectivity index (χ3n) is 2.27. The summed E-state index contributed by atoms with van der Waals surface area (Å²) in [4.78, 5) is 15.4. The molecule has 17 heavy (non-hydrogen) atoms. The Balaban J connectivity index is 2.91. The molecular weight excluding hydrogens is 246 g/mol. The number of hydrogen-bond donors (Lipinski definition) is 3. The summed E-state index contributed by atoms with van der Waals surface area (Å²) in [7, 11) is 0. The Hall–Kier alpha value is -1.30. The van der Waals surface area contributed by atoms with Gasteiger partial charge in [0.1, 0.15) is 12.4 Å². The minimum Gasteiger partial charge on any atom is -0.506 e. The Labute approximate surface area is 104 Å². The number of benzene rings is 1. The minimum atomic E-state index is -0.282. The number of amides is 1. The molecule has 6 heteroatoms. The smallest absolute Gasteiger partial charge is 0.225 e. The first-order chi connectivity index (χ1) is 8.08. The van der Waals surface area contributed by atoms with Crippen LogP contribution in [0.3, 0.4) is 0 Å². The Bertz CT molecular complexity index is 409. The van der Waals surface area contributed by atoms with Crippen molar-refractivity contribution >= 4 is 23.2 Å². The zero-order valence-corrected chi connectivity index (χ0v) is 10.1. The predicted molar refractivity (Wildman–Crippen MR) is 64.2 cm³/mol. The van der Waals surface area contributed by atoms with Crippen molar-refractivity contribution in [3.05, 3.63) is 23.3 Å². The van der Waals surface area contributed by atoms with Gasteiger partial charge in [-0.05, 0) is 30.2 Å². The topological polar surface area (TPSA) is 78.8 Å². The quantitative estimate of drug-likeness (QED) is 0.328. The molecule has 1 aromatic rings. The monoisotopic (exact) mass is 259 g/mol. The molecule has 0 aliphatic heterocycles. The van der Waals surface area contributed by atoms with Crippen LogP contribution in [-0.2, 0) is 16.3 Å². The highest BCUT2D eigenvalue weighted by Crippen LogP contribution is 2.27. The molecule has 0 unspecified atom stereocenters. The molecule has 0 bridgehead atoms. The van der Waals surface area contributed by atoms with Crippen LogP contribution in [0, 0.1) is 6.92 Å². The maximum Gasteiger partial charge on any atom is 0.225 e. The minimum absolute atomic E-state index is 0.00943. The van der Waals surface area contributed by atoms with Gasteiger partial charge in [-0.2, -0.15) is 0 Å². The zero-order chi connectivity index (χ0) is 12.8. The van der Waals surface area contributed by atoms with E-state index in [2.05, 4.69) is 10.2 Å². The van der Waals surface area contributed by atoms with E-state index < -0.39 is 0 Å². The summed E-state index contributed by atoms with van der Waals surface area (Å²) in [6.07, 6.45) is 0.167. The molecule has 1 aromatic carbocycles. The highest BCUT2D eigenvalue weighted by atomic mass is 35.5. The van der Waals surface area contributed by atoms with Crippen molar-refractivity contribution < 1.29 is 20.0 Å². The molecule has 0 atom stereocenters. The molecule has 0 heterocycles. The van der Waals surface area contributed by atoms with Crippen LogP contribution in [0.25, 0.3) is 0 Å². The van der Waals surface area contributed by atoms with Crippen LogP contribution in [0.15, 0.2) is 12.1 Å². The Kier molecular flexibility index (Phi) is 5.21. The van der Waals surface area contributed by atoms with Gasteiger partial charge in [0, 0.05) is 12.3 Å². The number of anilines is 1. The number of aryl methyl sites for hydroxylation is 1. The molecule has 1 amide bonds. The Morgan fingerprint density at radius 2 is 2.24 bits per heavy atom. The number of halogens is 1. The van der Waals surface area contributed by atoms with Crippen molar-refractivity contribution in [2.75, 3.05) is 11.2 Å². The van der Waals surface area contributed by atoms with E-state index in [9.17, 15) is 9.90 Å². The molecule has 0 aromatic heterocycles. The lowest BCUT2D eigenvalue weighted by molar-refractivity contribution is -0.253. The lowest BCUT2D eigenvalue weighted by Gasteiger charge is -2.11. The number of nitrogens with one attached hydrogen (secondary N) is 1. The third-order valence-corrected chi connectivity index (χ3v) is 2.46. The van der Waals surface area contributed by atoms with Crippen molar-refractivity contribution in [3.8, 4) is 5.75 Å². The molecule has 94 valence electrons. The summed E-state index contributed by atoms with van der Waals surface area (Å²) >= 11 is 5.43. The molecular formula is C11H14ClNO4. The maximum atomic E-state index is 11.3. The maximum absolute atomic E-state index is 11.3. The van der Waals surface area contributed by atoms with E-state index in [-0.39, 0.29) is 36.3 Å². The predicted octanol–water partition coefficient (Wildman–Crippen LogP) is 2.26. The number of phenolic OH excluding ortho intramolecular Hbond substituents is 1. The molecule has 5 nitrogen and oxygen atoms in total. The Morgan fingerprint density at radius 1 is 1.53 bits per heavy atom. The van der Waals surface area contributed by atoms with Gasteiger partial charge in [-0.1, -0.05) is 0 Å². The van der Waals surface area contributed by atoms with Crippen LogP contribution in [0.2, 0.25) is 0 Å². The van der Waals surface area contributed by atoms with Gasteiger partial charge in [0.05, 0.1) is 5.69 Å². The molecule has 0 spiro atoms. The van der Waals surface area contributed by atoms with Gasteiger partial charge in [-0.15, -0.1) is 11.6 Å². The fraction of sp³-hybridized carbons (Fsp3) is 0.364. The molecule has 3 N–H and O–H groups in total. The molecule has 0 radical (unpaired) electrons. The number of phenols is 1. The normalized spacial score (nSPS) is 10.3. The second kappa shape index (κ2) is 6.44. The molecule has 0 fully saturated rings. The average molecular weight is 260 g/mol. The van der Waals surface area contributed by atoms with Gasteiger partial charge in [0.15, 0.2) is 0 Å². The molecule has 1 rings (SSSR count). The van der Waals surface area contributed by atoms with Gasteiger partial charge >= 0.3 is 0 Å². The van der Waals surface area contributed by atoms with Crippen molar-refractivity contribution in [1.82, 2.24) is 0 Å². The number of rotatable bonds is 5. The summed E-state index contributed by atoms with van der Waals surface area (Å²) in [5, 5.41) is 20.6. The second-order valence-corrected chi connectivity index (χ2v) is 3.93. The highest BCUT2D eigenvalue weighted by Gasteiger charge is 2.09. The summed E-state index contributed by atoms with van der Waals surface area (Å²) in [6.45, 7) is 1.75. The van der Waals surface area contributed by atoms with Gasteiger partial charge < -0.3 is 10.4 Å². The fourth-order valence-electron chi connectivity index (χ4n) is 1.36. The van der Waals surface area contributed by atoms with E-state index in [1.54, 1.807) is 13.0 Å². The SMILES string of the molecule is Cc1cc(O)c(NC(=O)CCCl)cc1COO. The van der Waals surface area contributed by atoms with E-state index in [4.69, 9.17) is 16.9 Å². The fourth-order valence-corrected chi connectivity index (χ4v) is 1.53. The summed E-state index contributed by atoms with van der Waals surface area (Å²) in [5.41, 5.74) is 1.70. The Morgan fingerprint density at radius 3 is 2.82 bits per heavy atom. The van der Waals surface area contributed by atoms with Crippen LogP contribution in [-0.4, -0.2) is 22.2 Å². The van der Waals surface area contributed by atoms with Crippen molar-refractivity contribution in [2.45, 2.75) is 20.0 Å². The molecule has 0 aliphatic rings. The highest BCUT2D eigenvalue weighted by molar-refractivity contribution is 6.19. The van der Waals surface area contributed by atoms with E-state index in [0.717, 1.165) is 5.56 Å². The van der Waals surface area contributed by atoms with E-state index in [0.29, 0.717) is 5.56 Å². The standard InChI is InChI=1S/C11H14ClNO4/c1-7-4-10(14)9(5-8(7)6-17-16)13-11(15)2-3-12/h4-5,14,16H,2-3,6H2,1H3,(H,13,15). The number of alkyl halides is 1. The van der Waals surface area contributed by atoms with Crippen LogP contribution in [0.4, 0.5) is 5.69 Å². The summed E-state index contributed by atoms with van der Waals surface area (Å²) in [6, 6.07) is 3.04.